The van der Waals surface area contributed by atoms with Crippen molar-refractivity contribution in [1.29, 1.82) is 0 Å². The van der Waals surface area contributed by atoms with Crippen LogP contribution in [0.25, 0.3) is 5.69 Å². The van der Waals surface area contributed by atoms with Gasteiger partial charge in [-0.1, -0.05) is 13.8 Å². The quantitative estimate of drug-likeness (QED) is 0.664. The first-order valence-corrected chi connectivity index (χ1v) is 8.81. The molecule has 0 unspecified atom stereocenters. The molecule has 1 aromatic heterocycles. The molecular weight excluding hydrogens is 368 g/mol. The van der Waals surface area contributed by atoms with Gasteiger partial charge in [-0.15, -0.1) is 0 Å². The SMILES string of the molecule is CCONC(=O)Oc1cc(OC(=O)NOCC)c(-n2ccnc2)cc1C(C)C. The average molecular weight is 392 g/mol. The first-order valence-electron chi connectivity index (χ1n) is 8.81. The molecule has 1 heterocycles. The minimum absolute atomic E-state index is 0.0171. The van der Waals surface area contributed by atoms with E-state index < -0.39 is 12.2 Å². The largest absolute Gasteiger partial charge is 0.436 e. The minimum Gasteiger partial charge on any atom is -0.408 e. The molecule has 152 valence electrons. The van der Waals surface area contributed by atoms with E-state index in [1.165, 1.54) is 6.07 Å². The number of hydroxylamine groups is 2. The first-order chi connectivity index (χ1) is 13.5. The third-order valence-corrected chi connectivity index (χ3v) is 3.50. The van der Waals surface area contributed by atoms with Gasteiger partial charge in [-0.2, -0.15) is 11.0 Å². The molecule has 0 aliphatic heterocycles. The second kappa shape index (κ2) is 10.3. The molecule has 0 atom stereocenters. The highest BCUT2D eigenvalue weighted by Crippen LogP contribution is 2.36. The summed E-state index contributed by atoms with van der Waals surface area (Å²) >= 11 is 0. The molecule has 0 aliphatic rings. The zero-order chi connectivity index (χ0) is 20.5. The van der Waals surface area contributed by atoms with Crippen molar-refractivity contribution in [2.75, 3.05) is 13.2 Å². The Balaban J connectivity index is 2.42. The van der Waals surface area contributed by atoms with E-state index in [1.54, 1.807) is 43.2 Å². The maximum atomic E-state index is 12.0. The fourth-order valence-electron chi connectivity index (χ4n) is 2.29. The van der Waals surface area contributed by atoms with Gasteiger partial charge in [-0.25, -0.2) is 14.6 Å². The van der Waals surface area contributed by atoms with Gasteiger partial charge >= 0.3 is 12.2 Å². The van der Waals surface area contributed by atoms with Gasteiger partial charge in [-0.05, 0) is 31.4 Å². The lowest BCUT2D eigenvalue weighted by atomic mass is 10.0. The van der Waals surface area contributed by atoms with Gasteiger partial charge in [0.1, 0.15) is 5.75 Å². The molecule has 0 aliphatic carbocycles. The summed E-state index contributed by atoms with van der Waals surface area (Å²) in [6.07, 6.45) is 3.26. The van der Waals surface area contributed by atoms with Gasteiger partial charge in [0, 0.05) is 18.5 Å². The van der Waals surface area contributed by atoms with Crippen LogP contribution in [0.1, 0.15) is 39.2 Å². The number of nitrogens with one attached hydrogen (secondary N) is 2. The lowest BCUT2D eigenvalue weighted by Crippen LogP contribution is -2.28. The van der Waals surface area contributed by atoms with Gasteiger partial charge in [-0.3, -0.25) is 9.68 Å². The van der Waals surface area contributed by atoms with Crippen LogP contribution in [0.15, 0.2) is 30.9 Å². The Bertz CT molecular complexity index is 792. The monoisotopic (exact) mass is 392 g/mol. The number of hydrogen-bond donors (Lipinski definition) is 2. The number of carbonyl (C=O) groups excluding carboxylic acids is 2. The topological polar surface area (TPSA) is 113 Å². The van der Waals surface area contributed by atoms with Crippen LogP contribution in [0.4, 0.5) is 9.59 Å². The van der Waals surface area contributed by atoms with E-state index in [2.05, 4.69) is 15.9 Å². The van der Waals surface area contributed by atoms with E-state index >= 15 is 0 Å². The van der Waals surface area contributed by atoms with Gasteiger partial charge in [0.15, 0.2) is 5.75 Å². The number of ether oxygens (including phenoxy) is 2. The maximum absolute atomic E-state index is 12.0. The molecule has 0 fully saturated rings. The van der Waals surface area contributed by atoms with E-state index in [1.807, 2.05) is 13.8 Å². The molecule has 2 aromatic rings. The standard InChI is InChI=1S/C18H24N4O6/c1-5-25-20-17(23)27-15-10-16(28-18(24)21-26-6-2)14(9-13(15)12(3)4)22-8-7-19-11-22/h7-12H,5-6H2,1-4H3,(H,20,23)(H,21,24). The van der Waals surface area contributed by atoms with Crippen molar-refractivity contribution in [3.05, 3.63) is 36.4 Å². The molecular formula is C18H24N4O6. The molecule has 10 nitrogen and oxygen atoms in total. The number of carbonyl (C=O) groups is 2. The van der Waals surface area contributed by atoms with Crippen molar-refractivity contribution in [3.8, 4) is 17.2 Å². The summed E-state index contributed by atoms with van der Waals surface area (Å²) in [5.41, 5.74) is 5.59. The van der Waals surface area contributed by atoms with E-state index in [-0.39, 0.29) is 30.6 Å². The van der Waals surface area contributed by atoms with Crippen LogP contribution in [-0.4, -0.2) is 35.0 Å². The molecule has 10 heteroatoms. The molecule has 2 amide bonds. The second-order valence-electron chi connectivity index (χ2n) is 5.83. The van der Waals surface area contributed by atoms with Crippen LogP contribution in [0.5, 0.6) is 11.5 Å². The normalized spacial score (nSPS) is 10.6. The smallest absolute Gasteiger partial charge is 0.408 e. The van der Waals surface area contributed by atoms with Gasteiger partial charge in [0.25, 0.3) is 0 Å². The Labute approximate surface area is 162 Å². The van der Waals surface area contributed by atoms with Gasteiger partial charge in [0.2, 0.25) is 0 Å². The fraction of sp³-hybridized carbons (Fsp3) is 0.389. The molecule has 0 bridgehead atoms. The predicted molar refractivity (Wildman–Crippen MR) is 99.2 cm³/mol. The highest BCUT2D eigenvalue weighted by molar-refractivity contribution is 5.74. The number of imidazole rings is 1. The average Bonchev–Trinajstić information content (AvgIpc) is 3.19. The van der Waals surface area contributed by atoms with Crippen LogP contribution >= 0.6 is 0 Å². The van der Waals surface area contributed by atoms with Crippen molar-refractivity contribution >= 4 is 12.2 Å². The number of rotatable bonds is 8. The van der Waals surface area contributed by atoms with Crippen molar-refractivity contribution < 1.29 is 28.7 Å². The maximum Gasteiger partial charge on any atom is 0.436 e. The highest BCUT2D eigenvalue weighted by atomic mass is 16.7. The zero-order valence-corrected chi connectivity index (χ0v) is 16.2. The minimum atomic E-state index is -0.815. The molecule has 0 saturated carbocycles. The third-order valence-electron chi connectivity index (χ3n) is 3.50. The third kappa shape index (κ3) is 5.69. The summed E-state index contributed by atoms with van der Waals surface area (Å²) in [4.78, 5) is 37.6. The Morgan fingerprint density at radius 3 is 2.14 bits per heavy atom. The molecule has 28 heavy (non-hydrogen) atoms. The van der Waals surface area contributed by atoms with E-state index in [4.69, 9.17) is 19.1 Å². The molecule has 0 saturated heterocycles. The fourth-order valence-corrected chi connectivity index (χ4v) is 2.29. The molecule has 2 N–H and O–H groups in total. The summed E-state index contributed by atoms with van der Waals surface area (Å²) in [6.45, 7) is 7.91. The summed E-state index contributed by atoms with van der Waals surface area (Å²) in [5, 5.41) is 0. The van der Waals surface area contributed by atoms with E-state index in [0.29, 0.717) is 5.69 Å². The van der Waals surface area contributed by atoms with E-state index in [0.717, 1.165) is 5.56 Å². The van der Waals surface area contributed by atoms with Crippen LogP contribution < -0.4 is 20.4 Å². The van der Waals surface area contributed by atoms with Crippen LogP contribution in [-0.2, 0) is 9.68 Å². The first kappa shape index (κ1) is 21.2. The Morgan fingerprint density at radius 2 is 1.64 bits per heavy atom. The number of aromatic nitrogens is 2. The predicted octanol–water partition coefficient (Wildman–Crippen LogP) is 3.08. The van der Waals surface area contributed by atoms with Crippen molar-refractivity contribution in [2.45, 2.75) is 33.6 Å². The molecule has 1 aromatic carbocycles. The van der Waals surface area contributed by atoms with Crippen LogP contribution in [0, 0.1) is 0 Å². The molecule has 2 rings (SSSR count). The number of hydrogen-bond acceptors (Lipinski definition) is 7. The Hall–Kier alpha value is -3.11. The number of amides is 2. The number of nitrogens with zero attached hydrogens (tertiary/aromatic N) is 2. The molecule has 0 radical (unpaired) electrons. The summed E-state index contributed by atoms with van der Waals surface area (Å²) in [7, 11) is 0. The van der Waals surface area contributed by atoms with Gasteiger partial charge < -0.3 is 14.0 Å². The van der Waals surface area contributed by atoms with Crippen LogP contribution in [0.2, 0.25) is 0 Å². The second-order valence-corrected chi connectivity index (χ2v) is 5.83. The highest BCUT2D eigenvalue weighted by Gasteiger charge is 2.20. The van der Waals surface area contributed by atoms with Crippen LogP contribution in [0.3, 0.4) is 0 Å². The lowest BCUT2D eigenvalue weighted by molar-refractivity contribution is 0.0525. The summed E-state index contributed by atoms with van der Waals surface area (Å²) < 4.78 is 12.4. The Morgan fingerprint density at radius 1 is 1.04 bits per heavy atom. The number of benzene rings is 1. The summed E-state index contributed by atoms with van der Waals surface area (Å²) in [6, 6.07) is 3.22. The Kier molecular flexibility index (Phi) is 7.78. The zero-order valence-electron chi connectivity index (χ0n) is 16.2. The van der Waals surface area contributed by atoms with Crippen molar-refractivity contribution in [3.63, 3.8) is 0 Å². The van der Waals surface area contributed by atoms with Gasteiger partial charge in [0.05, 0.1) is 25.2 Å². The summed E-state index contributed by atoms with van der Waals surface area (Å²) in [5.74, 6) is 0.401. The van der Waals surface area contributed by atoms with E-state index in [9.17, 15) is 9.59 Å². The molecule has 0 spiro atoms. The van der Waals surface area contributed by atoms with Crippen molar-refractivity contribution in [2.24, 2.45) is 0 Å². The lowest BCUT2D eigenvalue weighted by Gasteiger charge is -2.18. The van der Waals surface area contributed by atoms with Crippen molar-refractivity contribution in [1.82, 2.24) is 20.5 Å².